The first-order chi connectivity index (χ1) is 20.7. The minimum Gasteiger partial charge on any atom is -0.369 e. The Morgan fingerprint density at radius 3 is 2.51 bits per heavy atom. The van der Waals surface area contributed by atoms with Gasteiger partial charge in [0.15, 0.2) is 0 Å². The van der Waals surface area contributed by atoms with Crippen molar-refractivity contribution in [3.05, 3.63) is 65.6 Å². The van der Waals surface area contributed by atoms with Crippen molar-refractivity contribution < 1.29 is 12.8 Å². The molecule has 6 rings (SSSR count). The number of halogens is 1. The van der Waals surface area contributed by atoms with Crippen LogP contribution in [0, 0.1) is 11.2 Å². The van der Waals surface area contributed by atoms with Crippen molar-refractivity contribution in [3.63, 3.8) is 0 Å². The van der Waals surface area contributed by atoms with Crippen LogP contribution in [-0.4, -0.2) is 68.8 Å². The molecule has 11 heteroatoms. The van der Waals surface area contributed by atoms with Gasteiger partial charge in [0.2, 0.25) is 16.0 Å². The van der Waals surface area contributed by atoms with E-state index in [0.29, 0.717) is 46.4 Å². The Kier molecular flexibility index (Phi) is 8.04. The molecule has 0 amide bonds. The third-order valence-electron chi connectivity index (χ3n) is 9.23. The first-order valence-corrected chi connectivity index (χ1v) is 16.8. The van der Waals surface area contributed by atoms with Gasteiger partial charge >= 0.3 is 0 Å². The molecule has 43 heavy (non-hydrogen) atoms. The van der Waals surface area contributed by atoms with E-state index in [-0.39, 0.29) is 11.6 Å². The van der Waals surface area contributed by atoms with Crippen LogP contribution in [-0.2, 0) is 16.4 Å². The number of aromatic nitrogens is 2. The zero-order valence-electron chi connectivity index (χ0n) is 25.1. The molecule has 9 nitrogen and oxygen atoms in total. The van der Waals surface area contributed by atoms with Gasteiger partial charge in [-0.2, -0.15) is 4.98 Å². The number of benzene rings is 2. The number of sulfonamides is 1. The molecule has 2 N–H and O–H groups in total. The molecule has 1 aromatic heterocycles. The molecule has 2 saturated heterocycles. The van der Waals surface area contributed by atoms with Crippen LogP contribution in [0.1, 0.15) is 44.4 Å². The van der Waals surface area contributed by atoms with Crippen LogP contribution in [0.15, 0.2) is 48.5 Å². The molecule has 2 fully saturated rings. The summed E-state index contributed by atoms with van der Waals surface area (Å²) < 4.78 is 41.9. The molecule has 2 aliphatic heterocycles. The molecule has 3 heterocycles. The second-order valence-electron chi connectivity index (χ2n) is 11.8. The first kappa shape index (κ1) is 29.4. The zero-order chi connectivity index (χ0) is 30.2. The summed E-state index contributed by atoms with van der Waals surface area (Å²) in [5.41, 5.74) is 4.38. The zero-order valence-corrected chi connectivity index (χ0v) is 25.9. The molecule has 2 aromatic carbocycles. The summed E-state index contributed by atoms with van der Waals surface area (Å²) in [5.74, 6) is 0.607. The maximum absolute atomic E-state index is 15.4. The van der Waals surface area contributed by atoms with Gasteiger partial charge in [0, 0.05) is 44.4 Å². The van der Waals surface area contributed by atoms with Crippen LogP contribution in [0.3, 0.4) is 0 Å². The molecular weight excluding hydrogens is 565 g/mol. The lowest BCUT2D eigenvalue weighted by Crippen LogP contribution is -2.42. The maximum Gasteiger partial charge on any atom is 0.234 e. The van der Waals surface area contributed by atoms with Crippen molar-refractivity contribution >= 4 is 50.6 Å². The summed E-state index contributed by atoms with van der Waals surface area (Å²) >= 11 is 0. The van der Waals surface area contributed by atoms with E-state index in [2.05, 4.69) is 32.3 Å². The van der Waals surface area contributed by atoms with Gasteiger partial charge in [-0.25, -0.2) is 17.8 Å². The van der Waals surface area contributed by atoms with Gasteiger partial charge in [-0.05, 0) is 75.0 Å². The van der Waals surface area contributed by atoms with Crippen molar-refractivity contribution in [2.45, 2.75) is 39.5 Å². The predicted molar refractivity (Wildman–Crippen MR) is 173 cm³/mol. The first-order valence-electron chi connectivity index (χ1n) is 15.1. The average molecular weight is 606 g/mol. The maximum atomic E-state index is 15.4. The average Bonchev–Trinajstić information content (AvgIpc) is 3.65. The normalized spacial score (nSPS) is 17.8. The third-order valence-corrected chi connectivity index (χ3v) is 11.0. The van der Waals surface area contributed by atoms with Crippen molar-refractivity contribution in [2.24, 2.45) is 5.41 Å². The number of hydrogen-bond donors (Lipinski definition) is 2. The molecule has 1 aliphatic carbocycles. The highest BCUT2D eigenvalue weighted by Gasteiger charge is 2.40. The van der Waals surface area contributed by atoms with E-state index < -0.39 is 10.0 Å². The largest absolute Gasteiger partial charge is 0.369 e. The second kappa shape index (κ2) is 11.8. The number of allylic oxidation sites excluding steroid dienone is 1. The lowest BCUT2D eigenvalue weighted by Gasteiger charge is -2.40. The van der Waals surface area contributed by atoms with Crippen molar-refractivity contribution in [3.8, 4) is 0 Å². The Bertz CT molecular complexity index is 1640. The Labute approximate surface area is 253 Å². The lowest BCUT2D eigenvalue weighted by molar-refractivity contribution is 0.212. The monoisotopic (exact) mass is 605 g/mol. The molecule has 0 unspecified atom stereocenters. The fraction of sp³-hybridized carbons (Fsp3) is 0.438. The summed E-state index contributed by atoms with van der Waals surface area (Å²) in [6.45, 7) is 9.02. The molecule has 228 valence electrons. The second-order valence-corrected chi connectivity index (χ2v) is 14.1. The molecule has 0 atom stereocenters. The number of hydrogen-bond acceptors (Lipinski definition) is 8. The molecule has 0 radical (unpaired) electrons. The van der Waals surface area contributed by atoms with E-state index in [1.54, 1.807) is 26.1 Å². The Hall–Kier alpha value is -3.70. The summed E-state index contributed by atoms with van der Waals surface area (Å²) in [6, 6.07) is 12.4. The van der Waals surface area contributed by atoms with E-state index in [0.717, 1.165) is 50.3 Å². The highest BCUT2D eigenvalue weighted by Crippen LogP contribution is 2.42. The van der Waals surface area contributed by atoms with Crippen LogP contribution in [0.2, 0.25) is 0 Å². The number of rotatable bonds is 9. The fourth-order valence-corrected chi connectivity index (χ4v) is 7.36. The van der Waals surface area contributed by atoms with E-state index >= 15 is 4.39 Å². The van der Waals surface area contributed by atoms with E-state index in [9.17, 15) is 8.42 Å². The number of likely N-dealkylation sites (tertiary alicyclic amines) is 1. The van der Waals surface area contributed by atoms with Crippen LogP contribution in [0.5, 0.6) is 0 Å². The summed E-state index contributed by atoms with van der Waals surface area (Å²) in [7, 11) is -1.91. The number of para-hydroxylation sites is 2. The summed E-state index contributed by atoms with van der Waals surface area (Å²) in [5, 5.41) is 6.53. The number of nitrogens with one attached hydrogen (secondary N) is 2. The number of anilines is 6. The Morgan fingerprint density at radius 1 is 1.02 bits per heavy atom. The number of piperidine rings is 1. The van der Waals surface area contributed by atoms with Gasteiger partial charge < -0.3 is 20.4 Å². The summed E-state index contributed by atoms with van der Waals surface area (Å²) in [4.78, 5) is 14.1. The summed E-state index contributed by atoms with van der Waals surface area (Å²) in [6.07, 6.45) is 8.05. The molecule has 0 saturated carbocycles. The van der Waals surface area contributed by atoms with Crippen molar-refractivity contribution in [1.29, 1.82) is 0 Å². The molecule has 3 aliphatic rings. The minimum absolute atomic E-state index is 0.0108. The van der Waals surface area contributed by atoms with Crippen LogP contribution in [0.25, 0.3) is 6.08 Å². The van der Waals surface area contributed by atoms with Crippen molar-refractivity contribution in [1.82, 2.24) is 14.9 Å². The van der Waals surface area contributed by atoms with Gasteiger partial charge in [0.1, 0.15) is 11.6 Å². The van der Waals surface area contributed by atoms with Gasteiger partial charge in [-0.1, -0.05) is 31.2 Å². The fourth-order valence-electron chi connectivity index (χ4n) is 6.51. The predicted octanol–water partition coefficient (Wildman–Crippen LogP) is 5.77. The number of nitrogens with zero attached hydrogens (tertiary/aromatic N) is 5. The highest BCUT2D eigenvalue weighted by atomic mass is 32.2. The number of fused-ring (bicyclic) bond motifs is 1. The molecule has 0 bridgehead atoms. The lowest BCUT2D eigenvalue weighted by atomic mass is 9.77. The van der Waals surface area contributed by atoms with Crippen LogP contribution in [0.4, 0.5) is 38.9 Å². The van der Waals surface area contributed by atoms with E-state index in [1.807, 2.05) is 36.4 Å². The molecular formula is C32H40FN7O2S. The molecule has 1 spiro atoms. The smallest absolute Gasteiger partial charge is 0.234 e. The molecule has 3 aromatic rings. The van der Waals surface area contributed by atoms with Crippen molar-refractivity contribution in [2.75, 3.05) is 65.4 Å². The van der Waals surface area contributed by atoms with Gasteiger partial charge in [-0.3, -0.25) is 4.31 Å². The van der Waals surface area contributed by atoms with Gasteiger partial charge in [-0.15, -0.1) is 0 Å². The Balaban J connectivity index is 1.20. The topological polar surface area (TPSA) is 93.7 Å². The van der Waals surface area contributed by atoms with E-state index in [4.69, 9.17) is 4.98 Å². The third kappa shape index (κ3) is 5.92. The standard InChI is InChI=1S/C32H40FN7O2S/c1-4-39-18-15-32(22-39)16-19-40(20-17-32)28-14-13-23(21-25(28)33)34-31-36-26-11-8-9-24(26)30(37-31)35-27-10-6-7-12-29(27)38(3)43(41,42)5-2/h6-10,12-14,21H,4-5,11,15-20,22H2,1-3H3,(H2,34,35,36,37). The Morgan fingerprint density at radius 2 is 1.79 bits per heavy atom. The van der Waals surface area contributed by atoms with Gasteiger partial charge in [0.05, 0.1) is 28.5 Å². The van der Waals surface area contributed by atoms with Crippen LogP contribution >= 0.6 is 0 Å². The SMILES string of the molecule is CCN1CCC2(CCN(c3ccc(Nc4nc5c(c(Nc6ccccc6N(C)S(=O)(=O)CC)n4)C=CC5)cc3F)CC2)C1. The quantitative estimate of drug-likeness (QED) is 0.318. The van der Waals surface area contributed by atoms with Gasteiger partial charge in [0.25, 0.3) is 0 Å². The van der Waals surface area contributed by atoms with Crippen LogP contribution < -0.4 is 19.8 Å². The highest BCUT2D eigenvalue weighted by molar-refractivity contribution is 7.92. The minimum atomic E-state index is -3.46. The van der Waals surface area contributed by atoms with E-state index in [1.165, 1.54) is 23.3 Å².